The highest BCUT2D eigenvalue weighted by Gasteiger charge is 2.41. The number of nitrogens with zero attached hydrogens (tertiary/aromatic N) is 2. The Morgan fingerprint density at radius 1 is 1.05 bits per heavy atom. The summed E-state index contributed by atoms with van der Waals surface area (Å²) < 4.78 is 12.0. The Balaban J connectivity index is 1.78. The molecule has 43 heavy (non-hydrogen) atoms. The summed E-state index contributed by atoms with van der Waals surface area (Å²) in [6, 6.07) is 14.9. The van der Waals surface area contributed by atoms with E-state index >= 15 is 0 Å². The maximum absolute atomic E-state index is 13.5. The molecule has 0 aliphatic heterocycles. The lowest BCUT2D eigenvalue weighted by atomic mass is 9.81. The standard InChI is InChI=1S/C34H42ClN3O5/c1-22(2)43-25-12-10-23(3)27(21-25)26-13-15-29(32(39)37-34(33(40)41)16-7-6-8-17-34)36-31(26)24-11-14-28(35)30(20-24)42-19-9-18-38(4)5/h10-15,20-22H,6-9,16-19H2,1-5H3,(H,37,39)(H,40,41). The molecule has 0 saturated heterocycles. The van der Waals surface area contributed by atoms with Gasteiger partial charge in [-0.3, -0.25) is 4.79 Å². The van der Waals surface area contributed by atoms with Gasteiger partial charge in [0.25, 0.3) is 5.91 Å². The van der Waals surface area contributed by atoms with Crippen molar-refractivity contribution in [3.63, 3.8) is 0 Å². The molecule has 2 N–H and O–H groups in total. The number of carboxylic acid groups (broad SMARTS) is 1. The first kappa shape index (κ1) is 32.3. The summed E-state index contributed by atoms with van der Waals surface area (Å²) in [5.74, 6) is -0.269. The Bertz CT molecular complexity index is 1450. The highest BCUT2D eigenvalue weighted by atomic mass is 35.5. The number of pyridine rings is 1. The van der Waals surface area contributed by atoms with Gasteiger partial charge in [-0.15, -0.1) is 0 Å². The molecule has 1 heterocycles. The molecule has 1 saturated carbocycles. The number of rotatable bonds is 12. The summed E-state index contributed by atoms with van der Waals surface area (Å²) in [6.07, 6.45) is 4.08. The Kier molecular flexibility index (Phi) is 10.7. The molecular weight excluding hydrogens is 566 g/mol. The average molecular weight is 608 g/mol. The number of aryl methyl sites for hydroxylation is 1. The number of halogens is 1. The van der Waals surface area contributed by atoms with Crippen molar-refractivity contribution in [1.29, 1.82) is 0 Å². The fourth-order valence-corrected chi connectivity index (χ4v) is 5.59. The van der Waals surface area contributed by atoms with Crippen molar-refractivity contribution < 1.29 is 24.2 Å². The van der Waals surface area contributed by atoms with Crippen LogP contribution >= 0.6 is 11.6 Å². The van der Waals surface area contributed by atoms with Crippen LogP contribution in [0.1, 0.15) is 68.4 Å². The van der Waals surface area contributed by atoms with Crippen molar-refractivity contribution in [2.24, 2.45) is 0 Å². The molecule has 0 unspecified atom stereocenters. The third kappa shape index (κ3) is 8.06. The second-order valence-corrected chi connectivity index (χ2v) is 12.2. The van der Waals surface area contributed by atoms with Crippen LogP contribution in [0.3, 0.4) is 0 Å². The third-order valence-electron chi connectivity index (χ3n) is 7.68. The lowest BCUT2D eigenvalue weighted by molar-refractivity contribution is -0.145. The fraction of sp³-hybridized carbons (Fsp3) is 0.441. The minimum Gasteiger partial charge on any atom is -0.492 e. The number of benzene rings is 2. The summed E-state index contributed by atoms with van der Waals surface area (Å²) in [5.41, 5.74) is 2.85. The summed E-state index contributed by atoms with van der Waals surface area (Å²) in [7, 11) is 4.03. The maximum atomic E-state index is 13.5. The van der Waals surface area contributed by atoms with E-state index in [0.29, 0.717) is 35.9 Å². The summed E-state index contributed by atoms with van der Waals surface area (Å²) in [4.78, 5) is 32.7. The van der Waals surface area contributed by atoms with E-state index in [9.17, 15) is 14.7 Å². The van der Waals surface area contributed by atoms with Gasteiger partial charge in [0.05, 0.1) is 23.4 Å². The van der Waals surface area contributed by atoms with Crippen LogP contribution in [-0.4, -0.2) is 65.8 Å². The zero-order valence-electron chi connectivity index (χ0n) is 25.7. The second kappa shape index (κ2) is 14.2. The maximum Gasteiger partial charge on any atom is 0.329 e. The first-order valence-electron chi connectivity index (χ1n) is 14.9. The molecule has 0 atom stereocenters. The van der Waals surface area contributed by atoms with E-state index in [1.54, 1.807) is 12.1 Å². The highest BCUT2D eigenvalue weighted by molar-refractivity contribution is 6.32. The predicted molar refractivity (Wildman–Crippen MR) is 170 cm³/mol. The van der Waals surface area contributed by atoms with E-state index < -0.39 is 17.4 Å². The zero-order valence-corrected chi connectivity index (χ0v) is 26.5. The van der Waals surface area contributed by atoms with Gasteiger partial charge in [0.15, 0.2) is 0 Å². The Morgan fingerprint density at radius 2 is 1.79 bits per heavy atom. The highest BCUT2D eigenvalue weighted by Crippen LogP contribution is 2.38. The number of carbonyl (C=O) groups is 2. The average Bonchev–Trinajstić information content (AvgIpc) is 2.97. The first-order chi connectivity index (χ1) is 20.5. The van der Waals surface area contributed by atoms with E-state index in [1.807, 2.05) is 71.3 Å². The largest absolute Gasteiger partial charge is 0.492 e. The topological polar surface area (TPSA) is 101 Å². The predicted octanol–water partition coefficient (Wildman–Crippen LogP) is 7.01. The minimum atomic E-state index is -1.29. The van der Waals surface area contributed by atoms with Gasteiger partial charge in [0.1, 0.15) is 22.7 Å². The van der Waals surface area contributed by atoms with Crippen molar-refractivity contribution in [2.75, 3.05) is 27.2 Å². The molecule has 0 bridgehead atoms. The fourth-order valence-electron chi connectivity index (χ4n) is 5.41. The van der Waals surface area contributed by atoms with Crippen LogP contribution in [0.15, 0.2) is 48.5 Å². The van der Waals surface area contributed by atoms with Gasteiger partial charge in [-0.2, -0.15) is 0 Å². The molecule has 230 valence electrons. The molecule has 1 fully saturated rings. The van der Waals surface area contributed by atoms with Crippen molar-refractivity contribution in [3.8, 4) is 33.9 Å². The van der Waals surface area contributed by atoms with Crippen molar-refractivity contribution >= 4 is 23.5 Å². The van der Waals surface area contributed by atoms with Crippen LogP contribution in [0.25, 0.3) is 22.4 Å². The lowest BCUT2D eigenvalue weighted by Gasteiger charge is -2.33. The van der Waals surface area contributed by atoms with Gasteiger partial charge in [0.2, 0.25) is 0 Å². The number of aromatic nitrogens is 1. The number of amides is 1. The van der Waals surface area contributed by atoms with Gasteiger partial charge in [-0.25, -0.2) is 9.78 Å². The van der Waals surface area contributed by atoms with E-state index in [2.05, 4.69) is 10.2 Å². The van der Waals surface area contributed by atoms with E-state index in [4.69, 9.17) is 26.1 Å². The van der Waals surface area contributed by atoms with Crippen LogP contribution in [-0.2, 0) is 4.79 Å². The number of ether oxygens (including phenoxy) is 2. The van der Waals surface area contributed by atoms with Crippen LogP contribution in [0, 0.1) is 6.92 Å². The molecule has 1 aromatic heterocycles. The van der Waals surface area contributed by atoms with Crippen molar-refractivity contribution in [3.05, 3.63) is 64.8 Å². The normalized spacial score (nSPS) is 14.5. The Morgan fingerprint density at radius 3 is 2.47 bits per heavy atom. The molecule has 1 amide bonds. The van der Waals surface area contributed by atoms with E-state index in [1.165, 1.54) is 0 Å². The molecule has 9 heteroatoms. The van der Waals surface area contributed by atoms with Gasteiger partial charge in [-0.1, -0.05) is 43.0 Å². The van der Waals surface area contributed by atoms with Crippen LogP contribution in [0.2, 0.25) is 5.02 Å². The van der Waals surface area contributed by atoms with Crippen LogP contribution in [0.4, 0.5) is 0 Å². The molecule has 3 aromatic rings. The number of hydrogen-bond acceptors (Lipinski definition) is 6. The number of aliphatic carboxylic acids is 1. The smallest absolute Gasteiger partial charge is 0.329 e. The van der Waals surface area contributed by atoms with Crippen molar-refractivity contribution in [1.82, 2.24) is 15.2 Å². The SMILES string of the molecule is Cc1ccc(OC(C)C)cc1-c1ccc(C(=O)NC2(C(=O)O)CCCCC2)nc1-c1ccc(Cl)c(OCCCN(C)C)c1. The number of carboxylic acids is 1. The molecule has 4 rings (SSSR count). The van der Waals surface area contributed by atoms with Crippen LogP contribution in [0.5, 0.6) is 11.5 Å². The van der Waals surface area contributed by atoms with E-state index in [-0.39, 0.29) is 11.8 Å². The van der Waals surface area contributed by atoms with Gasteiger partial charge >= 0.3 is 5.97 Å². The molecule has 8 nitrogen and oxygen atoms in total. The summed E-state index contributed by atoms with van der Waals surface area (Å²) in [6.45, 7) is 7.34. The summed E-state index contributed by atoms with van der Waals surface area (Å²) in [5, 5.41) is 13.3. The molecule has 1 aliphatic rings. The molecule has 1 aliphatic carbocycles. The lowest BCUT2D eigenvalue weighted by Crippen LogP contribution is -2.55. The molecule has 0 radical (unpaired) electrons. The van der Waals surface area contributed by atoms with Gasteiger partial charge in [-0.05, 0) is 102 Å². The van der Waals surface area contributed by atoms with Gasteiger partial charge < -0.3 is 24.8 Å². The quantitative estimate of drug-likeness (QED) is 0.214. The number of hydrogen-bond donors (Lipinski definition) is 2. The van der Waals surface area contributed by atoms with Gasteiger partial charge in [0, 0.05) is 17.7 Å². The molecule has 2 aromatic carbocycles. The summed E-state index contributed by atoms with van der Waals surface area (Å²) >= 11 is 6.52. The third-order valence-corrected chi connectivity index (χ3v) is 7.99. The number of nitrogens with one attached hydrogen (secondary N) is 1. The first-order valence-corrected chi connectivity index (χ1v) is 15.3. The van der Waals surface area contributed by atoms with Crippen molar-refractivity contribution in [2.45, 2.75) is 70.9 Å². The minimum absolute atomic E-state index is 0.00374. The Hall–Kier alpha value is -3.62. The monoisotopic (exact) mass is 607 g/mol. The number of carbonyl (C=O) groups excluding carboxylic acids is 1. The Labute approximate surface area is 259 Å². The zero-order chi connectivity index (χ0) is 31.1. The molecule has 0 spiro atoms. The van der Waals surface area contributed by atoms with E-state index in [0.717, 1.165) is 60.2 Å². The second-order valence-electron chi connectivity index (χ2n) is 11.8. The molecular formula is C34H42ClN3O5. The van der Waals surface area contributed by atoms with Crippen LogP contribution < -0.4 is 14.8 Å².